The van der Waals surface area contributed by atoms with Gasteiger partial charge in [0.1, 0.15) is 0 Å². The fourth-order valence-electron chi connectivity index (χ4n) is 4.17. The number of benzene rings is 2. The maximum atomic E-state index is 13.0. The minimum atomic E-state index is -4.48. The molecule has 3 amide bonds. The minimum absolute atomic E-state index is 0.0359. The zero-order valence-electron chi connectivity index (χ0n) is 16.4. The van der Waals surface area contributed by atoms with Gasteiger partial charge < -0.3 is 4.90 Å². The third-order valence-electron chi connectivity index (χ3n) is 5.83. The molecule has 2 aromatic rings. The number of carbonyl (C=O) groups excluding carboxylic acids is 3. The van der Waals surface area contributed by atoms with E-state index in [1.165, 1.54) is 17.0 Å². The van der Waals surface area contributed by atoms with Crippen molar-refractivity contribution in [1.29, 1.82) is 0 Å². The van der Waals surface area contributed by atoms with E-state index in [4.69, 9.17) is 0 Å². The number of hydrogen-bond acceptors (Lipinski definition) is 3. The quantitative estimate of drug-likeness (QED) is 0.717. The lowest BCUT2D eigenvalue weighted by atomic mass is 9.86. The topological polar surface area (TPSA) is 57.7 Å². The zero-order valence-corrected chi connectivity index (χ0v) is 16.4. The monoisotopic (exact) mass is 416 g/mol. The summed E-state index contributed by atoms with van der Waals surface area (Å²) in [6.07, 6.45) is -4.48. The number of halogens is 3. The molecule has 1 saturated heterocycles. The fourth-order valence-corrected chi connectivity index (χ4v) is 4.17. The number of likely N-dealkylation sites (tertiary alicyclic amines) is 1. The Kier molecular flexibility index (Phi) is 4.48. The fraction of sp³-hybridized carbons (Fsp3) is 0.318. The molecule has 1 fully saturated rings. The number of rotatable bonds is 3. The number of alkyl halides is 3. The van der Waals surface area contributed by atoms with Gasteiger partial charge in [-0.25, -0.2) is 0 Å². The molecule has 2 aromatic carbocycles. The van der Waals surface area contributed by atoms with E-state index in [1.54, 1.807) is 38.1 Å². The van der Waals surface area contributed by atoms with Gasteiger partial charge in [0, 0.05) is 13.1 Å². The Balaban J connectivity index is 1.61. The molecule has 1 atom stereocenters. The summed E-state index contributed by atoms with van der Waals surface area (Å²) < 4.78 is 39.0. The van der Waals surface area contributed by atoms with Crippen LogP contribution in [0.5, 0.6) is 0 Å². The molecule has 156 valence electrons. The largest absolute Gasteiger partial charge is 0.416 e. The predicted molar refractivity (Wildman–Crippen MR) is 101 cm³/mol. The number of imide groups is 1. The second-order valence-electron chi connectivity index (χ2n) is 8.15. The number of nitrogens with zero attached hydrogens (tertiary/aromatic N) is 2. The highest BCUT2D eigenvalue weighted by Crippen LogP contribution is 2.39. The summed E-state index contributed by atoms with van der Waals surface area (Å²) in [5, 5.41) is 0. The van der Waals surface area contributed by atoms with E-state index in [-0.39, 0.29) is 19.0 Å². The standard InChI is InChI=1S/C22H19F3N2O3/c1-21(2)17(27-18(28)15-8-3-4-9-16(15)19(27)29)12-26(20(21)30)11-13-6-5-7-14(10-13)22(23,24)25/h3-10,17H,11-12H2,1-2H3. The van der Waals surface area contributed by atoms with E-state index in [0.717, 1.165) is 17.0 Å². The van der Waals surface area contributed by atoms with Crippen molar-refractivity contribution in [3.05, 3.63) is 70.8 Å². The summed E-state index contributed by atoms with van der Waals surface area (Å²) in [5.74, 6) is -1.23. The van der Waals surface area contributed by atoms with Crippen LogP contribution in [-0.2, 0) is 17.5 Å². The van der Waals surface area contributed by atoms with Gasteiger partial charge in [-0.15, -0.1) is 0 Å². The summed E-state index contributed by atoms with van der Waals surface area (Å²) in [6, 6.07) is 10.5. The van der Waals surface area contributed by atoms with Gasteiger partial charge >= 0.3 is 6.18 Å². The van der Waals surface area contributed by atoms with Gasteiger partial charge in [0.25, 0.3) is 11.8 Å². The van der Waals surface area contributed by atoms with E-state index in [2.05, 4.69) is 0 Å². The molecule has 0 radical (unpaired) electrons. The number of fused-ring (bicyclic) bond motifs is 1. The van der Waals surface area contributed by atoms with E-state index >= 15 is 0 Å². The van der Waals surface area contributed by atoms with Crippen molar-refractivity contribution in [3.63, 3.8) is 0 Å². The van der Waals surface area contributed by atoms with Crippen molar-refractivity contribution in [2.45, 2.75) is 32.6 Å². The van der Waals surface area contributed by atoms with Gasteiger partial charge in [-0.2, -0.15) is 13.2 Å². The first-order valence-electron chi connectivity index (χ1n) is 9.44. The van der Waals surface area contributed by atoms with Gasteiger partial charge in [-0.3, -0.25) is 19.3 Å². The molecule has 2 aliphatic heterocycles. The average Bonchev–Trinajstić information content (AvgIpc) is 3.06. The lowest BCUT2D eigenvalue weighted by Gasteiger charge is -2.30. The van der Waals surface area contributed by atoms with Gasteiger partial charge in [0.2, 0.25) is 5.91 Å². The Labute approximate surface area is 171 Å². The molecule has 0 aliphatic carbocycles. The van der Waals surface area contributed by atoms with Crippen LogP contribution < -0.4 is 0 Å². The Morgan fingerprint density at radius 2 is 1.57 bits per heavy atom. The number of hydrogen-bond donors (Lipinski definition) is 0. The molecule has 0 spiro atoms. The lowest BCUT2D eigenvalue weighted by molar-refractivity contribution is -0.137. The Morgan fingerprint density at radius 1 is 0.967 bits per heavy atom. The van der Waals surface area contributed by atoms with Crippen LogP contribution in [-0.4, -0.2) is 40.1 Å². The molecule has 2 heterocycles. The molecular weight excluding hydrogens is 397 g/mol. The first-order chi connectivity index (χ1) is 14.0. The Bertz CT molecular complexity index is 1030. The highest BCUT2D eigenvalue weighted by atomic mass is 19.4. The van der Waals surface area contributed by atoms with Crippen LogP contribution in [0.3, 0.4) is 0 Å². The highest BCUT2D eigenvalue weighted by Gasteiger charge is 2.54. The number of carbonyl (C=O) groups is 3. The molecule has 8 heteroatoms. The summed E-state index contributed by atoms with van der Waals surface area (Å²) in [7, 11) is 0. The molecule has 0 saturated carbocycles. The van der Waals surface area contributed by atoms with E-state index < -0.39 is 35.0 Å². The van der Waals surface area contributed by atoms with E-state index in [9.17, 15) is 27.6 Å². The smallest absolute Gasteiger partial charge is 0.336 e. The van der Waals surface area contributed by atoms with Crippen molar-refractivity contribution in [1.82, 2.24) is 9.80 Å². The highest BCUT2D eigenvalue weighted by molar-refractivity contribution is 6.21. The Hall–Kier alpha value is -3.16. The van der Waals surface area contributed by atoms with Crippen molar-refractivity contribution < 1.29 is 27.6 Å². The maximum absolute atomic E-state index is 13.0. The van der Waals surface area contributed by atoms with E-state index in [1.807, 2.05) is 0 Å². The van der Waals surface area contributed by atoms with Crippen molar-refractivity contribution in [2.75, 3.05) is 6.54 Å². The molecule has 0 bridgehead atoms. The second kappa shape index (κ2) is 6.68. The van der Waals surface area contributed by atoms with Crippen molar-refractivity contribution >= 4 is 17.7 Å². The third-order valence-corrected chi connectivity index (χ3v) is 5.83. The zero-order chi connectivity index (χ0) is 21.8. The van der Waals surface area contributed by atoms with Crippen LogP contribution in [0, 0.1) is 5.41 Å². The van der Waals surface area contributed by atoms with Crippen LogP contribution in [0.15, 0.2) is 48.5 Å². The molecule has 0 aromatic heterocycles. The van der Waals surface area contributed by atoms with Gasteiger partial charge in [-0.05, 0) is 43.7 Å². The molecule has 30 heavy (non-hydrogen) atoms. The average molecular weight is 416 g/mol. The lowest BCUT2D eigenvalue weighted by Crippen LogP contribution is -2.48. The SMILES string of the molecule is CC1(C)C(=O)N(Cc2cccc(C(F)(F)F)c2)CC1N1C(=O)c2ccccc2C1=O. The minimum Gasteiger partial charge on any atom is -0.336 e. The van der Waals surface area contributed by atoms with Crippen molar-refractivity contribution in [2.24, 2.45) is 5.41 Å². The molecule has 2 aliphatic rings. The van der Waals surface area contributed by atoms with Crippen LogP contribution >= 0.6 is 0 Å². The summed E-state index contributed by atoms with van der Waals surface area (Å²) in [4.78, 5) is 41.3. The molecule has 4 rings (SSSR count). The van der Waals surface area contributed by atoms with Crippen LogP contribution in [0.1, 0.15) is 45.7 Å². The first kappa shape index (κ1) is 20.1. The van der Waals surface area contributed by atoms with Crippen LogP contribution in [0.2, 0.25) is 0 Å². The molecular formula is C22H19F3N2O3. The summed E-state index contributed by atoms with van der Waals surface area (Å²) in [5.41, 5.74) is -0.932. The normalized spacial score (nSPS) is 20.8. The molecule has 1 unspecified atom stereocenters. The Morgan fingerprint density at radius 3 is 2.13 bits per heavy atom. The molecule has 0 N–H and O–H groups in total. The maximum Gasteiger partial charge on any atom is 0.416 e. The van der Waals surface area contributed by atoms with Gasteiger partial charge in [0.05, 0.1) is 28.1 Å². The predicted octanol–water partition coefficient (Wildman–Crippen LogP) is 3.74. The second-order valence-corrected chi connectivity index (χ2v) is 8.15. The van der Waals surface area contributed by atoms with Crippen molar-refractivity contribution in [3.8, 4) is 0 Å². The van der Waals surface area contributed by atoms with Crippen LogP contribution in [0.4, 0.5) is 13.2 Å². The summed E-state index contributed by atoms with van der Waals surface area (Å²) in [6.45, 7) is 3.32. The van der Waals surface area contributed by atoms with Gasteiger partial charge in [0.15, 0.2) is 0 Å². The van der Waals surface area contributed by atoms with Crippen LogP contribution in [0.25, 0.3) is 0 Å². The van der Waals surface area contributed by atoms with E-state index in [0.29, 0.717) is 16.7 Å². The first-order valence-corrected chi connectivity index (χ1v) is 9.44. The number of amides is 3. The van der Waals surface area contributed by atoms with Gasteiger partial charge in [-0.1, -0.05) is 24.3 Å². The third kappa shape index (κ3) is 3.07. The molecule has 5 nitrogen and oxygen atoms in total. The summed E-state index contributed by atoms with van der Waals surface area (Å²) >= 11 is 0.